The summed E-state index contributed by atoms with van der Waals surface area (Å²) >= 11 is 0. The molecule has 0 unspecified atom stereocenters. The molecule has 0 aliphatic heterocycles. The van der Waals surface area contributed by atoms with Crippen molar-refractivity contribution < 1.29 is 28.6 Å². The van der Waals surface area contributed by atoms with Crippen LogP contribution in [0.1, 0.15) is 51.9 Å². The van der Waals surface area contributed by atoms with Gasteiger partial charge in [-0.15, -0.1) is 0 Å². The van der Waals surface area contributed by atoms with Crippen molar-refractivity contribution in [2.75, 3.05) is 26.9 Å². The Labute approximate surface area is 176 Å². The van der Waals surface area contributed by atoms with Gasteiger partial charge in [0.2, 0.25) is 5.78 Å². The van der Waals surface area contributed by atoms with Crippen molar-refractivity contribution >= 4 is 17.5 Å². The van der Waals surface area contributed by atoms with Gasteiger partial charge in [0.05, 0.1) is 0 Å². The molecule has 0 aliphatic carbocycles. The van der Waals surface area contributed by atoms with Crippen LogP contribution in [0.4, 0.5) is 0 Å². The molecule has 0 bridgehead atoms. The van der Waals surface area contributed by atoms with Gasteiger partial charge in [-0.2, -0.15) is 0 Å². The van der Waals surface area contributed by atoms with E-state index in [2.05, 4.69) is 4.57 Å². The van der Waals surface area contributed by atoms with Crippen LogP contribution in [0.5, 0.6) is 5.75 Å². The Hall–Kier alpha value is -2.93. The van der Waals surface area contributed by atoms with Crippen LogP contribution in [0.2, 0.25) is 0 Å². The molecule has 0 aliphatic rings. The topological polar surface area (TPSA) is 83.8 Å². The third kappa shape index (κ3) is 6.29. The maximum atomic E-state index is 12.5. The first-order chi connectivity index (χ1) is 14.4. The predicted octanol–water partition coefficient (Wildman–Crippen LogP) is 3.54. The molecule has 162 valence electrons. The van der Waals surface area contributed by atoms with E-state index in [9.17, 15) is 14.4 Å². The fourth-order valence-electron chi connectivity index (χ4n) is 3.14. The van der Waals surface area contributed by atoms with E-state index in [0.29, 0.717) is 29.9 Å². The van der Waals surface area contributed by atoms with Gasteiger partial charge in [-0.05, 0) is 50.6 Å². The highest BCUT2D eigenvalue weighted by atomic mass is 16.6. The highest BCUT2D eigenvalue weighted by Gasteiger charge is 2.17. The van der Waals surface area contributed by atoms with Gasteiger partial charge in [0, 0.05) is 49.2 Å². The Bertz CT molecular complexity index is 882. The molecule has 1 aromatic carbocycles. The second-order valence-corrected chi connectivity index (χ2v) is 6.96. The largest absolute Gasteiger partial charge is 0.482 e. The Kier molecular flexibility index (Phi) is 8.80. The number of hydrogen-bond donors (Lipinski definition) is 0. The normalized spacial score (nSPS) is 10.7. The smallest absolute Gasteiger partial charge is 0.344 e. The molecule has 0 atom stereocenters. The highest BCUT2D eigenvalue weighted by Crippen LogP contribution is 2.17. The number of carbonyl (C=O) groups is 3. The van der Waals surface area contributed by atoms with E-state index in [0.717, 1.165) is 24.4 Å². The van der Waals surface area contributed by atoms with Crippen molar-refractivity contribution in [1.82, 2.24) is 4.57 Å². The number of ether oxygens (including phenoxy) is 3. The number of nitrogens with zero attached hydrogens (tertiary/aromatic N) is 1. The van der Waals surface area contributed by atoms with Gasteiger partial charge in [-0.3, -0.25) is 9.59 Å². The van der Waals surface area contributed by atoms with E-state index in [1.54, 1.807) is 38.3 Å². The third-order valence-electron chi connectivity index (χ3n) is 4.82. The van der Waals surface area contributed by atoms with E-state index < -0.39 is 5.97 Å². The van der Waals surface area contributed by atoms with Crippen LogP contribution in [0.3, 0.4) is 0 Å². The standard InChI is InChI=1S/C23H29NO6/c1-5-21(25)18-7-9-19(10-8-18)29-15-23(27)30-14-22(26)20-13-16(2)24(17(20)3)11-6-12-28-4/h7-10,13H,5-6,11-12,14-15H2,1-4H3. The van der Waals surface area contributed by atoms with E-state index >= 15 is 0 Å². The Morgan fingerprint density at radius 2 is 1.70 bits per heavy atom. The molecule has 1 aromatic heterocycles. The Balaban J connectivity index is 1.84. The molecule has 30 heavy (non-hydrogen) atoms. The molecular formula is C23H29NO6. The summed E-state index contributed by atoms with van der Waals surface area (Å²) in [5, 5.41) is 0. The maximum Gasteiger partial charge on any atom is 0.344 e. The zero-order chi connectivity index (χ0) is 22.1. The van der Waals surface area contributed by atoms with Crippen LogP contribution in [-0.2, 0) is 20.8 Å². The number of carbonyl (C=O) groups excluding carboxylic acids is 3. The van der Waals surface area contributed by atoms with Crippen molar-refractivity contribution in [3.8, 4) is 5.75 Å². The third-order valence-corrected chi connectivity index (χ3v) is 4.82. The number of aromatic nitrogens is 1. The number of rotatable bonds is 12. The van der Waals surface area contributed by atoms with E-state index in [-0.39, 0.29) is 24.8 Å². The number of esters is 1. The predicted molar refractivity (Wildman–Crippen MR) is 112 cm³/mol. The molecule has 7 heteroatoms. The first-order valence-corrected chi connectivity index (χ1v) is 9.97. The zero-order valence-corrected chi connectivity index (χ0v) is 18.0. The molecule has 0 N–H and O–H groups in total. The van der Waals surface area contributed by atoms with Crippen LogP contribution in [0.25, 0.3) is 0 Å². The second-order valence-electron chi connectivity index (χ2n) is 6.96. The average Bonchev–Trinajstić information content (AvgIpc) is 3.04. The molecule has 0 saturated heterocycles. The molecule has 2 aromatic rings. The molecule has 0 fully saturated rings. The lowest BCUT2D eigenvalue weighted by Gasteiger charge is -2.09. The van der Waals surface area contributed by atoms with Crippen LogP contribution < -0.4 is 4.74 Å². The number of benzene rings is 1. The van der Waals surface area contributed by atoms with Crippen molar-refractivity contribution in [1.29, 1.82) is 0 Å². The van der Waals surface area contributed by atoms with Crippen molar-refractivity contribution in [3.63, 3.8) is 0 Å². The second kappa shape index (κ2) is 11.3. The number of Topliss-reactive ketones (excluding diaryl/α,β-unsaturated/α-hetero) is 2. The summed E-state index contributed by atoms with van der Waals surface area (Å²) < 4.78 is 17.6. The fraction of sp³-hybridized carbons (Fsp3) is 0.435. The number of methoxy groups -OCH3 is 1. The minimum Gasteiger partial charge on any atom is -0.482 e. The van der Waals surface area contributed by atoms with Crippen molar-refractivity contribution in [2.45, 2.75) is 40.2 Å². The Morgan fingerprint density at radius 1 is 1.00 bits per heavy atom. The summed E-state index contributed by atoms with van der Waals surface area (Å²) in [6.07, 6.45) is 1.27. The molecule has 0 saturated carbocycles. The maximum absolute atomic E-state index is 12.5. The first kappa shape index (κ1) is 23.3. The molecule has 7 nitrogen and oxygen atoms in total. The summed E-state index contributed by atoms with van der Waals surface area (Å²) in [5.41, 5.74) is 2.97. The highest BCUT2D eigenvalue weighted by molar-refractivity contribution is 5.99. The van der Waals surface area contributed by atoms with Crippen LogP contribution in [0, 0.1) is 13.8 Å². The lowest BCUT2D eigenvalue weighted by molar-refractivity contribution is -0.144. The van der Waals surface area contributed by atoms with Gasteiger partial charge in [-0.1, -0.05) is 6.92 Å². The minimum atomic E-state index is -0.633. The number of ketones is 2. The summed E-state index contributed by atoms with van der Waals surface area (Å²) in [4.78, 5) is 36.0. The molecule has 1 heterocycles. The number of aryl methyl sites for hydroxylation is 1. The molecular weight excluding hydrogens is 386 g/mol. The van der Waals surface area contributed by atoms with E-state index in [4.69, 9.17) is 14.2 Å². The zero-order valence-electron chi connectivity index (χ0n) is 18.0. The number of hydrogen-bond acceptors (Lipinski definition) is 6. The van der Waals surface area contributed by atoms with Crippen LogP contribution >= 0.6 is 0 Å². The molecule has 0 radical (unpaired) electrons. The van der Waals surface area contributed by atoms with Crippen LogP contribution in [-0.4, -0.2) is 49.0 Å². The van der Waals surface area contributed by atoms with Gasteiger partial charge >= 0.3 is 5.97 Å². The summed E-state index contributed by atoms with van der Waals surface area (Å²) in [6.45, 7) is 6.37. The van der Waals surface area contributed by atoms with E-state index in [1.165, 1.54) is 0 Å². The SMILES string of the molecule is CCC(=O)c1ccc(OCC(=O)OCC(=O)c2cc(C)n(CCCOC)c2C)cc1. The Morgan fingerprint density at radius 3 is 2.33 bits per heavy atom. The fourth-order valence-corrected chi connectivity index (χ4v) is 3.14. The van der Waals surface area contributed by atoms with Gasteiger partial charge in [0.1, 0.15) is 5.75 Å². The van der Waals surface area contributed by atoms with E-state index in [1.807, 2.05) is 19.9 Å². The van der Waals surface area contributed by atoms with Crippen molar-refractivity contribution in [3.05, 3.63) is 52.8 Å². The summed E-state index contributed by atoms with van der Waals surface area (Å²) in [5.74, 6) is -0.397. The molecule has 0 amide bonds. The van der Waals surface area contributed by atoms with Gasteiger partial charge < -0.3 is 18.8 Å². The lowest BCUT2D eigenvalue weighted by Crippen LogP contribution is -2.20. The quantitative estimate of drug-likeness (QED) is 0.300. The first-order valence-electron chi connectivity index (χ1n) is 9.97. The molecule has 0 spiro atoms. The summed E-state index contributed by atoms with van der Waals surface area (Å²) in [6, 6.07) is 8.37. The van der Waals surface area contributed by atoms with Crippen molar-refractivity contribution in [2.24, 2.45) is 0 Å². The minimum absolute atomic E-state index is 0.0394. The molecule has 2 rings (SSSR count). The lowest BCUT2D eigenvalue weighted by atomic mass is 10.1. The monoisotopic (exact) mass is 415 g/mol. The average molecular weight is 415 g/mol. The van der Waals surface area contributed by atoms with Gasteiger partial charge in [-0.25, -0.2) is 4.79 Å². The van der Waals surface area contributed by atoms with Gasteiger partial charge in [0.25, 0.3) is 0 Å². The summed E-state index contributed by atoms with van der Waals surface area (Å²) in [7, 11) is 1.66. The van der Waals surface area contributed by atoms with Gasteiger partial charge in [0.15, 0.2) is 19.0 Å². The van der Waals surface area contributed by atoms with Crippen LogP contribution in [0.15, 0.2) is 30.3 Å².